The van der Waals surface area contributed by atoms with Gasteiger partial charge in [0.25, 0.3) is 0 Å². The van der Waals surface area contributed by atoms with Gasteiger partial charge in [-0.1, -0.05) is 73.9 Å². The van der Waals surface area contributed by atoms with Gasteiger partial charge in [0, 0.05) is 40.2 Å². The molecule has 294 valence electrons. The van der Waals surface area contributed by atoms with Crippen molar-refractivity contribution in [1.29, 1.82) is 0 Å². The maximum Gasteiger partial charge on any atom is 0.416 e. The number of alkyl halides is 3. The molecule has 3 aromatic heterocycles. The van der Waals surface area contributed by atoms with E-state index in [0.29, 0.717) is 56.6 Å². The minimum atomic E-state index is -4.41. The van der Waals surface area contributed by atoms with Crippen molar-refractivity contribution in [2.24, 2.45) is 0 Å². The molecule has 6 rings (SSSR count). The maximum absolute atomic E-state index is 12.6. The Morgan fingerprint density at radius 2 is 1.33 bits per heavy atom. The van der Waals surface area contributed by atoms with Crippen molar-refractivity contribution in [2.75, 3.05) is 33.2 Å². The van der Waals surface area contributed by atoms with Gasteiger partial charge in [0.1, 0.15) is 41.4 Å². The zero-order chi connectivity index (χ0) is 41.9. The lowest BCUT2D eigenvalue weighted by molar-refractivity contribution is -0.137. The lowest BCUT2D eigenvalue weighted by Crippen LogP contribution is -2.19. The predicted molar refractivity (Wildman–Crippen MR) is 214 cm³/mol. The smallest absolute Gasteiger partial charge is 0.383 e. The summed E-state index contributed by atoms with van der Waals surface area (Å²) in [5, 5.41) is 11.9. The number of carbonyl (C=O) groups excluding carboxylic acids is 2. The van der Waals surface area contributed by atoms with Crippen LogP contribution in [0.2, 0.25) is 0 Å². The van der Waals surface area contributed by atoms with Crippen molar-refractivity contribution in [2.45, 2.75) is 38.8 Å². The van der Waals surface area contributed by atoms with Gasteiger partial charge in [0.05, 0.1) is 17.5 Å². The topological polar surface area (TPSA) is 226 Å². The molecule has 17 heteroatoms. The van der Waals surface area contributed by atoms with E-state index in [0.717, 1.165) is 12.1 Å². The molecule has 0 aliphatic rings. The SMILES string of the molecule is CC(C)(C)c1cc(NC(=O)Nc2cccc(C#Cc3cncnc3N)c2)no1.Nc1ncnc(N)c1C#Cc1cccc(NC(=O)Cc2ccc(C(F)(F)F)cc2)c1. The molecular weight excluding hydrogens is 752 g/mol. The highest BCUT2D eigenvalue weighted by molar-refractivity contribution is 5.99. The second-order valence-electron chi connectivity index (χ2n) is 13.3. The van der Waals surface area contributed by atoms with Crippen LogP contribution in [0.3, 0.4) is 0 Å². The first-order valence-corrected chi connectivity index (χ1v) is 17.2. The first-order valence-electron chi connectivity index (χ1n) is 17.2. The third kappa shape index (κ3) is 12.0. The number of rotatable bonds is 5. The molecule has 0 unspecified atom stereocenters. The Bertz CT molecular complexity index is 2520. The summed E-state index contributed by atoms with van der Waals surface area (Å²) in [5.41, 5.74) is 20.0. The Labute approximate surface area is 330 Å². The van der Waals surface area contributed by atoms with Gasteiger partial charge in [0.15, 0.2) is 5.82 Å². The van der Waals surface area contributed by atoms with Gasteiger partial charge in [-0.3, -0.25) is 10.1 Å². The van der Waals surface area contributed by atoms with Crippen LogP contribution >= 0.6 is 0 Å². The summed E-state index contributed by atoms with van der Waals surface area (Å²) in [6.45, 7) is 6.00. The minimum absolute atomic E-state index is 0.0670. The lowest BCUT2D eigenvalue weighted by atomic mass is 9.93. The Morgan fingerprint density at radius 1 is 0.724 bits per heavy atom. The monoisotopic (exact) mass is 787 g/mol. The highest BCUT2D eigenvalue weighted by Gasteiger charge is 2.30. The molecule has 0 saturated heterocycles. The van der Waals surface area contributed by atoms with Crippen molar-refractivity contribution in [3.05, 3.63) is 137 Å². The molecule has 9 N–H and O–H groups in total. The molecule has 6 aromatic rings. The van der Waals surface area contributed by atoms with Crippen LogP contribution in [0, 0.1) is 23.7 Å². The summed E-state index contributed by atoms with van der Waals surface area (Å²) >= 11 is 0. The number of nitrogens with two attached hydrogens (primary N) is 3. The van der Waals surface area contributed by atoms with Crippen LogP contribution in [0.15, 0.2) is 102 Å². The number of anilines is 6. The van der Waals surface area contributed by atoms with E-state index in [1.165, 1.54) is 24.8 Å². The molecule has 0 saturated carbocycles. The molecule has 0 bridgehead atoms. The van der Waals surface area contributed by atoms with Crippen LogP contribution in [0.5, 0.6) is 0 Å². The number of amides is 3. The molecule has 0 fully saturated rings. The van der Waals surface area contributed by atoms with Crippen molar-refractivity contribution in [1.82, 2.24) is 25.1 Å². The average Bonchev–Trinajstić information content (AvgIpc) is 3.64. The fourth-order valence-electron chi connectivity index (χ4n) is 4.77. The quantitative estimate of drug-likeness (QED) is 0.102. The highest BCUT2D eigenvalue weighted by atomic mass is 19.4. The maximum atomic E-state index is 12.6. The molecule has 3 aromatic carbocycles. The third-order valence-electron chi connectivity index (χ3n) is 7.73. The molecule has 58 heavy (non-hydrogen) atoms. The van der Waals surface area contributed by atoms with Crippen LogP contribution in [0.4, 0.5) is 52.6 Å². The van der Waals surface area contributed by atoms with E-state index in [1.807, 2.05) is 26.8 Å². The number of halogens is 3. The van der Waals surface area contributed by atoms with Crippen molar-refractivity contribution in [3.63, 3.8) is 0 Å². The number of nitrogens with zero attached hydrogens (tertiary/aromatic N) is 5. The van der Waals surface area contributed by atoms with E-state index in [1.54, 1.807) is 54.7 Å². The van der Waals surface area contributed by atoms with Crippen LogP contribution in [0.25, 0.3) is 0 Å². The number of urea groups is 1. The number of hydrogen-bond acceptors (Lipinski definition) is 11. The van der Waals surface area contributed by atoms with Crippen molar-refractivity contribution in [3.8, 4) is 23.7 Å². The van der Waals surface area contributed by atoms with Gasteiger partial charge >= 0.3 is 12.2 Å². The van der Waals surface area contributed by atoms with Crippen molar-refractivity contribution >= 4 is 46.6 Å². The van der Waals surface area contributed by atoms with E-state index < -0.39 is 17.8 Å². The molecule has 3 heterocycles. The van der Waals surface area contributed by atoms with E-state index >= 15 is 0 Å². The number of carbonyl (C=O) groups is 2. The minimum Gasteiger partial charge on any atom is -0.383 e. The van der Waals surface area contributed by atoms with Crippen LogP contribution in [0.1, 0.15) is 59.9 Å². The molecule has 0 aliphatic heterocycles. The van der Waals surface area contributed by atoms with Crippen molar-refractivity contribution < 1.29 is 27.3 Å². The Hall–Kier alpha value is -7.92. The summed E-state index contributed by atoms with van der Waals surface area (Å²) in [6.07, 6.45) is -0.327. The number of nitrogens with one attached hydrogen (secondary N) is 3. The highest BCUT2D eigenvalue weighted by Crippen LogP contribution is 2.29. The van der Waals surface area contributed by atoms with Gasteiger partial charge in [-0.2, -0.15) is 13.2 Å². The number of benzene rings is 3. The van der Waals surface area contributed by atoms with Crippen LogP contribution in [-0.4, -0.2) is 37.0 Å². The fourth-order valence-corrected chi connectivity index (χ4v) is 4.77. The Morgan fingerprint density at radius 3 is 1.91 bits per heavy atom. The molecule has 14 nitrogen and oxygen atoms in total. The first kappa shape index (κ1) is 41.2. The molecular formula is C41H36F3N11O3. The first-order chi connectivity index (χ1) is 27.5. The summed E-state index contributed by atoms with van der Waals surface area (Å²) in [6, 6.07) is 19.6. The van der Waals surface area contributed by atoms with Gasteiger partial charge in [-0.15, -0.1) is 0 Å². The van der Waals surface area contributed by atoms with E-state index in [9.17, 15) is 22.8 Å². The second kappa shape index (κ2) is 18.1. The summed E-state index contributed by atoms with van der Waals surface area (Å²) in [7, 11) is 0. The summed E-state index contributed by atoms with van der Waals surface area (Å²) < 4.78 is 43.1. The standard InChI is InChI=1S/C21H16F3N5O.C20H20N6O2/c22-21(23,24)15-7-4-14(5-8-15)11-18(30)29-16-3-1-2-13(10-16)6-9-17-19(25)27-12-28-20(17)26;1-20(2,3)16-10-17(26-28-16)25-19(27)24-15-6-4-5-13(9-15)7-8-14-11-22-12-23-18(14)21/h1-5,7-8,10,12H,11H2,(H,29,30)(H4,25,26,27,28);4-6,9-12H,1-3H3,(H2,21,22,23)(H2,24,25,26,27). The molecule has 0 aliphatic carbocycles. The van der Waals surface area contributed by atoms with Gasteiger partial charge in [0.2, 0.25) is 5.91 Å². The third-order valence-corrected chi connectivity index (χ3v) is 7.73. The predicted octanol–water partition coefficient (Wildman–Crippen LogP) is 6.63. The average molecular weight is 788 g/mol. The normalized spacial score (nSPS) is 10.7. The van der Waals surface area contributed by atoms with E-state index in [2.05, 4.69) is 64.7 Å². The summed E-state index contributed by atoms with van der Waals surface area (Å²) in [4.78, 5) is 39.9. The second-order valence-corrected chi connectivity index (χ2v) is 13.3. The number of aromatic nitrogens is 5. The van der Waals surface area contributed by atoms with E-state index in [-0.39, 0.29) is 29.4 Å². The summed E-state index contributed by atoms with van der Waals surface area (Å²) in [5.74, 6) is 12.9. The fraction of sp³-hybridized carbons (Fsp3) is 0.146. The number of hydrogen-bond donors (Lipinski definition) is 6. The van der Waals surface area contributed by atoms with Gasteiger partial charge in [-0.05, 0) is 54.1 Å². The van der Waals surface area contributed by atoms with Gasteiger partial charge < -0.3 is 32.4 Å². The largest absolute Gasteiger partial charge is 0.416 e. The van der Waals surface area contributed by atoms with E-state index in [4.69, 9.17) is 21.7 Å². The molecule has 0 radical (unpaired) electrons. The molecule has 3 amide bonds. The molecule has 0 atom stereocenters. The van der Waals surface area contributed by atoms with Gasteiger partial charge in [-0.25, -0.2) is 24.7 Å². The zero-order valence-electron chi connectivity index (χ0n) is 31.3. The number of nitrogen functional groups attached to an aromatic ring is 3. The Kier molecular flexibility index (Phi) is 12.9. The van der Waals surface area contributed by atoms with Crippen LogP contribution < -0.4 is 33.2 Å². The Balaban J connectivity index is 0.000000221. The lowest BCUT2D eigenvalue weighted by Gasteiger charge is -2.12. The van der Waals surface area contributed by atoms with Crippen LogP contribution in [-0.2, 0) is 22.8 Å². The molecule has 0 spiro atoms. The zero-order valence-corrected chi connectivity index (χ0v) is 31.3.